The molecule has 186 valence electrons. The van der Waals surface area contributed by atoms with Gasteiger partial charge in [0.05, 0.1) is 11.8 Å². The molecule has 0 atom stereocenters. The van der Waals surface area contributed by atoms with E-state index in [9.17, 15) is 27.6 Å². The molecule has 0 aromatic heterocycles. The van der Waals surface area contributed by atoms with Crippen LogP contribution in [0.25, 0.3) is 0 Å². The highest BCUT2D eigenvalue weighted by Gasteiger charge is 2.30. The van der Waals surface area contributed by atoms with Crippen LogP contribution in [0.3, 0.4) is 0 Å². The Morgan fingerprint density at radius 3 is 2.25 bits per heavy atom. The summed E-state index contributed by atoms with van der Waals surface area (Å²) in [5.41, 5.74) is 3.13. The standard InChI is InChI=1S/C25H21F3N4O4/c1-16-5-9-19(10-6-16)30-22(33)15-36-21-11-7-17(8-12-21)14-29-32-24(35)23(34)31-20-4-2-3-18(13-20)25(26,27)28/h2-14H,15H2,1H3,(H,30,33)(H,31,34)(H,32,35)/b29-14-. The van der Waals surface area contributed by atoms with Gasteiger partial charge in [0.25, 0.3) is 5.91 Å². The second-order valence-electron chi connectivity index (χ2n) is 7.50. The van der Waals surface area contributed by atoms with Crippen LogP contribution in [0, 0.1) is 6.92 Å². The zero-order valence-electron chi connectivity index (χ0n) is 18.9. The van der Waals surface area contributed by atoms with Crippen LogP contribution in [0.1, 0.15) is 16.7 Å². The van der Waals surface area contributed by atoms with Gasteiger partial charge in [-0.2, -0.15) is 18.3 Å². The van der Waals surface area contributed by atoms with Gasteiger partial charge in [-0.05, 0) is 67.1 Å². The van der Waals surface area contributed by atoms with E-state index in [-0.39, 0.29) is 18.2 Å². The number of carbonyl (C=O) groups is 3. The van der Waals surface area contributed by atoms with Gasteiger partial charge >= 0.3 is 18.0 Å². The Labute approximate surface area is 204 Å². The van der Waals surface area contributed by atoms with Crippen molar-refractivity contribution < 1.29 is 32.3 Å². The molecule has 0 saturated heterocycles. The van der Waals surface area contributed by atoms with Crippen LogP contribution in [0.2, 0.25) is 0 Å². The minimum absolute atomic E-state index is 0.183. The lowest BCUT2D eigenvalue weighted by atomic mass is 10.2. The van der Waals surface area contributed by atoms with Gasteiger partial charge in [-0.25, -0.2) is 5.43 Å². The van der Waals surface area contributed by atoms with Gasteiger partial charge in [-0.15, -0.1) is 0 Å². The fourth-order valence-electron chi connectivity index (χ4n) is 2.81. The first-order valence-corrected chi connectivity index (χ1v) is 10.5. The topological polar surface area (TPSA) is 109 Å². The van der Waals surface area contributed by atoms with E-state index in [2.05, 4.69) is 15.7 Å². The molecule has 0 aliphatic rings. The molecule has 0 spiro atoms. The normalized spacial score (nSPS) is 11.1. The number of benzene rings is 3. The van der Waals surface area contributed by atoms with Crippen LogP contribution in [-0.2, 0) is 20.6 Å². The summed E-state index contributed by atoms with van der Waals surface area (Å²) in [6.45, 7) is 1.75. The molecule has 3 N–H and O–H groups in total. The van der Waals surface area contributed by atoms with Gasteiger partial charge in [0.15, 0.2) is 6.61 Å². The van der Waals surface area contributed by atoms with Crippen molar-refractivity contribution in [3.05, 3.63) is 89.5 Å². The molecule has 3 aromatic rings. The van der Waals surface area contributed by atoms with Gasteiger partial charge in [0.1, 0.15) is 5.75 Å². The van der Waals surface area contributed by atoms with Gasteiger partial charge in [-0.1, -0.05) is 23.8 Å². The zero-order valence-corrected chi connectivity index (χ0v) is 18.9. The fraction of sp³-hybridized carbons (Fsp3) is 0.120. The highest BCUT2D eigenvalue weighted by atomic mass is 19.4. The molecule has 3 amide bonds. The van der Waals surface area contributed by atoms with Crippen LogP contribution in [0.15, 0.2) is 77.9 Å². The molecule has 0 unspecified atom stereocenters. The average molecular weight is 498 g/mol. The molecule has 0 fully saturated rings. The summed E-state index contributed by atoms with van der Waals surface area (Å²) in [6.07, 6.45) is -3.33. The van der Waals surface area contributed by atoms with Crippen molar-refractivity contribution in [1.82, 2.24) is 5.43 Å². The summed E-state index contributed by atoms with van der Waals surface area (Å²) in [4.78, 5) is 35.7. The van der Waals surface area contributed by atoms with Crippen LogP contribution in [0.5, 0.6) is 5.75 Å². The number of amides is 3. The maximum Gasteiger partial charge on any atom is 0.416 e. The molecule has 0 radical (unpaired) electrons. The lowest BCUT2D eigenvalue weighted by Gasteiger charge is -2.09. The monoisotopic (exact) mass is 498 g/mol. The number of halogens is 3. The van der Waals surface area contributed by atoms with E-state index in [0.29, 0.717) is 23.1 Å². The van der Waals surface area contributed by atoms with Crippen molar-refractivity contribution in [2.24, 2.45) is 5.10 Å². The smallest absolute Gasteiger partial charge is 0.416 e. The molecule has 0 aliphatic heterocycles. The number of nitrogens with one attached hydrogen (secondary N) is 3. The lowest BCUT2D eigenvalue weighted by molar-refractivity contribution is -0.137. The average Bonchev–Trinajstić information content (AvgIpc) is 2.84. The van der Waals surface area contributed by atoms with E-state index in [1.807, 2.05) is 24.5 Å². The molecule has 0 aliphatic carbocycles. The number of alkyl halides is 3. The summed E-state index contributed by atoms with van der Waals surface area (Å²) in [5, 5.41) is 8.44. The fourth-order valence-corrected chi connectivity index (χ4v) is 2.81. The zero-order chi connectivity index (χ0) is 26.1. The van der Waals surface area contributed by atoms with E-state index in [4.69, 9.17) is 4.74 Å². The minimum Gasteiger partial charge on any atom is -0.484 e. The molecular formula is C25H21F3N4O4. The number of rotatable bonds is 7. The Morgan fingerprint density at radius 2 is 1.58 bits per heavy atom. The van der Waals surface area contributed by atoms with E-state index < -0.39 is 23.6 Å². The number of anilines is 2. The van der Waals surface area contributed by atoms with Crippen LogP contribution >= 0.6 is 0 Å². The third kappa shape index (κ3) is 7.97. The Kier molecular flexibility index (Phi) is 8.39. The summed E-state index contributed by atoms with van der Waals surface area (Å²) >= 11 is 0. The van der Waals surface area contributed by atoms with Crippen molar-refractivity contribution in [3.8, 4) is 5.75 Å². The van der Waals surface area contributed by atoms with E-state index in [0.717, 1.165) is 17.7 Å². The first-order valence-electron chi connectivity index (χ1n) is 10.5. The first-order chi connectivity index (χ1) is 17.1. The SMILES string of the molecule is Cc1ccc(NC(=O)COc2ccc(/C=N\NC(=O)C(=O)Nc3cccc(C(F)(F)F)c3)cc2)cc1. The molecule has 0 saturated carbocycles. The minimum atomic E-state index is -4.58. The Morgan fingerprint density at radius 1 is 0.889 bits per heavy atom. The summed E-state index contributed by atoms with van der Waals surface area (Å²) in [5.74, 6) is -2.24. The molecule has 11 heteroatoms. The molecule has 3 rings (SSSR count). The van der Waals surface area contributed by atoms with Crippen molar-refractivity contribution in [2.45, 2.75) is 13.1 Å². The number of hydrogen-bond acceptors (Lipinski definition) is 5. The predicted molar refractivity (Wildman–Crippen MR) is 128 cm³/mol. The molecular weight excluding hydrogens is 477 g/mol. The number of nitrogens with zero attached hydrogens (tertiary/aromatic N) is 1. The van der Waals surface area contributed by atoms with Crippen molar-refractivity contribution >= 4 is 35.3 Å². The quantitative estimate of drug-likeness (QED) is 0.259. The summed E-state index contributed by atoms with van der Waals surface area (Å²) in [6, 6.07) is 17.6. The molecule has 3 aromatic carbocycles. The van der Waals surface area contributed by atoms with Crippen molar-refractivity contribution in [2.75, 3.05) is 17.2 Å². The molecule has 0 bridgehead atoms. The number of carbonyl (C=O) groups excluding carboxylic acids is 3. The third-order valence-electron chi connectivity index (χ3n) is 4.62. The maximum absolute atomic E-state index is 12.7. The van der Waals surface area contributed by atoms with E-state index in [1.54, 1.807) is 36.4 Å². The number of aryl methyl sites for hydroxylation is 1. The summed E-state index contributed by atoms with van der Waals surface area (Å²) in [7, 11) is 0. The largest absolute Gasteiger partial charge is 0.484 e. The maximum atomic E-state index is 12.7. The highest BCUT2D eigenvalue weighted by Crippen LogP contribution is 2.30. The van der Waals surface area contributed by atoms with Gasteiger partial charge in [0, 0.05) is 11.4 Å². The van der Waals surface area contributed by atoms with E-state index in [1.165, 1.54) is 12.3 Å². The third-order valence-corrected chi connectivity index (χ3v) is 4.62. The van der Waals surface area contributed by atoms with Crippen LogP contribution < -0.4 is 20.8 Å². The van der Waals surface area contributed by atoms with Crippen LogP contribution in [0.4, 0.5) is 24.5 Å². The van der Waals surface area contributed by atoms with E-state index >= 15 is 0 Å². The Balaban J connectivity index is 1.44. The number of ether oxygens (including phenoxy) is 1. The van der Waals surface area contributed by atoms with Gasteiger partial charge in [-0.3, -0.25) is 14.4 Å². The predicted octanol–water partition coefficient (Wildman–Crippen LogP) is 4.12. The van der Waals surface area contributed by atoms with Crippen molar-refractivity contribution in [1.29, 1.82) is 0 Å². The molecule has 0 heterocycles. The Bertz CT molecular complexity index is 1260. The number of hydrogen-bond donors (Lipinski definition) is 3. The van der Waals surface area contributed by atoms with Crippen LogP contribution in [-0.4, -0.2) is 30.5 Å². The van der Waals surface area contributed by atoms with Crippen molar-refractivity contribution in [3.63, 3.8) is 0 Å². The number of hydrazone groups is 1. The highest BCUT2D eigenvalue weighted by molar-refractivity contribution is 6.39. The van der Waals surface area contributed by atoms with Gasteiger partial charge < -0.3 is 15.4 Å². The summed E-state index contributed by atoms with van der Waals surface area (Å²) < 4.78 is 43.7. The van der Waals surface area contributed by atoms with Gasteiger partial charge in [0.2, 0.25) is 0 Å². The first kappa shape index (κ1) is 25.9. The molecule has 8 nitrogen and oxygen atoms in total. The second kappa shape index (κ2) is 11.6. The Hall–Kier alpha value is -4.67. The second-order valence-corrected chi connectivity index (χ2v) is 7.50. The lowest BCUT2D eigenvalue weighted by Crippen LogP contribution is -2.32. The molecule has 36 heavy (non-hydrogen) atoms.